The number of ether oxygens (including phenoxy) is 2. The molecule has 0 amide bonds. The summed E-state index contributed by atoms with van der Waals surface area (Å²) >= 11 is 3.13. The van der Waals surface area contributed by atoms with Crippen molar-refractivity contribution < 1.29 is 9.47 Å². The van der Waals surface area contributed by atoms with E-state index < -0.39 is 0 Å². The SMILES string of the molecule is COc1cccc(COc2nc[nH]c(=O)c2Br)c1. The van der Waals surface area contributed by atoms with Crippen LogP contribution in [0.15, 0.2) is 39.9 Å². The van der Waals surface area contributed by atoms with E-state index in [2.05, 4.69) is 25.9 Å². The van der Waals surface area contributed by atoms with E-state index >= 15 is 0 Å². The second-order valence-electron chi connectivity index (χ2n) is 3.49. The largest absolute Gasteiger partial charge is 0.497 e. The smallest absolute Gasteiger partial charge is 0.268 e. The van der Waals surface area contributed by atoms with E-state index in [-0.39, 0.29) is 15.9 Å². The normalized spacial score (nSPS) is 10.1. The van der Waals surface area contributed by atoms with Crippen LogP contribution in [0.2, 0.25) is 0 Å². The zero-order valence-electron chi connectivity index (χ0n) is 9.64. The van der Waals surface area contributed by atoms with E-state index in [0.717, 1.165) is 11.3 Å². The van der Waals surface area contributed by atoms with E-state index in [1.165, 1.54) is 6.33 Å². The minimum Gasteiger partial charge on any atom is -0.497 e. The minimum atomic E-state index is -0.273. The molecule has 5 nitrogen and oxygen atoms in total. The fraction of sp³-hybridized carbons (Fsp3) is 0.167. The Labute approximate surface area is 112 Å². The van der Waals surface area contributed by atoms with E-state index in [4.69, 9.17) is 9.47 Å². The summed E-state index contributed by atoms with van der Waals surface area (Å²) in [5, 5.41) is 0. The lowest BCUT2D eigenvalue weighted by Gasteiger charge is -2.07. The van der Waals surface area contributed by atoms with Gasteiger partial charge in [0.2, 0.25) is 5.88 Å². The molecule has 1 aromatic carbocycles. The lowest BCUT2D eigenvalue weighted by atomic mass is 10.2. The van der Waals surface area contributed by atoms with Crippen LogP contribution in [0.5, 0.6) is 11.6 Å². The van der Waals surface area contributed by atoms with Crippen LogP contribution in [0.3, 0.4) is 0 Å². The molecule has 18 heavy (non-hydrogen) atoms. The second-order valence-corrected chi connectivity index (χ2v) is 4.28. The van der Waals surface area contributed by atoms with Crippen molar-refractivity contribution in [2.24, 2.45) is 0 Å². The van der Waals surface area contributed by atoms with Gasteiger partial charge in [-0.1, -0.05) is 12.1 Å². The number of H-pyrrole nitrogens is 1. The van der Waals surface area contributed by atoms with Gasteiger partial charge in [-0.2, -0.15) is 0 Å². The highest BCUT2D eigenvalue weighted by molar-refractivity contribution is 9.10. The van der Waals surface area contributed by atoms with Crippen molar-refractivity contribution >= 4 is 15.9 Å². The highest BCUT2D eigenvalue weighted by Gasteiger charge is 2.06. The van der Waals surface area contributed by atoms with Crippen LogP contribution in [-0.2, 0) is 6.61 Å². The quantitative estimate of drug-likeness (QED) is 0.939. The number of halogens is 1. The molecule has 0 aliphatic carbocycles. The van der Waals surface area contributed by atoms with E-state index in [0.29, 0.717) is 6.61 Å². The Balaban J connectivity index is 2.11. The summed E-state index contributed by atoms with van der Waals surface area (Å²) in [6, 6.07) is 7.49. The van der Waals surface area contributed by atoms with Gasteiger partial charge in [-0.15, -0.1) is 0 Å². The van der Waals surface area contributed by atoms with Gasteiger partial charge in [-0.05, 0) is 33.6 Å². The number of rotatable bonds is 4. The maximum Gasteiger partial charge on any atom is 0.268 e. The lowest BCUT2D eigenvalue weighted by Crippen LogP contribution is -2.09. The average molecular weight is 311 g/mol. The molecular formula is C12H11BrN2O3. The first-order valence-corrected chi connectivity index (χ1v) is 5.99. The first-order valence-electron chi connectivity index (χ1n) is 5.19. The molecule has 0 radical (unpaired) electrons. The molecule has 0 unspecified atom stereocenters. The molecule has 0 fully saturated rings. The zero-order valence-corrected chi connectivity index (χ0v) is 11.2. The molecule has 0 saturated carbocycles. The van der Waals surface area contributed by atoms with E-state index in [1.807, 2.05) is 24.3 Å². The molecule has 94 valence electrons. The molecule has 0 saturated heterocycles. The van der Waals surface area contributed by atoms with Crippen molar-refractivity contribution in [2.45, 2.75) is 6.61 Å². The number of methoxy groups -OCH3 is 1. The molecule has 1 aromatic heterocycles. The van der Waals surface area contributed by atoms with Crippen molar-refractivity contribution in [3.8, 4) is 11.6 Å². The molecule has 2 rings (SSSR count). The van der Waals surface area contributed by atoms with Gasteiger partial charge in [0, 0.05) is 0 Å². The van der Waals surface area contributed by atoms with E-state index in [9.17, 15) is 4.79 Å². The maximum atomic E-state index is 11.3. The number of aromatic amines is 1. The van der Waals surface area contributed by atoms with Gasteiger partial charge in [0.15, 0.2) is 0 Å². The third-order valence-corrected chi connectivity index (χ3v) is 2.97. The van der Waals surface area contributed by atoms with Crippen molar-refractivity contribution in [1.29, 1.82) is 0 Å². The Morgan fingerprint density at radius 2 is 2.28 bits per heavy atom. The van der Waals surface area contributed by atoms with Crippen LogP contribution in [0.1, 0.15) is 5.56 Å². The number of benzene rings is 1. The topological polar surface area (TPSA) is 64.2 Å². The van der Waals surface area contributed by atoms with Crippen LogP contribution >= 0.6 is 15.9 Å². The molecule has 1 heterocycles. The molecule has 0 atom stereocenters. The van der Waals surface area contributed by atoms with Gasteiger partial charge in [-0.3, -0.25) is 4.79 Å². The number of nitrogens with one attached hydrogen (secondary N) is 1. The first-order chi connectivity index (χ1) is 8.70. The molecule has 6 heteroatoms. The highest BCUT2D eigenvalue weighted by Crippen LogP contribution is 2.19. The molecular weight excluding hydrogens is 300 g/mol. The van der Waals surface area contributed by atoms with Gasteiger partial charge in [-0.25, -0.2) is 4.98 Å². The van der Waals surface area contributed by atoms with Crippen molar-refractivity contribution in [1.82, 2.24) is 9.97 Å². The van der Waals surface area contributed by atoms with Crippen molar-refractivity contribution in [3.63, 3.8) is 0 Å². The Kier molecular flexibility index (Phi) is 3.99. The number of aromatic nitrogens is 2. The minimum absolute atomic E-state index is 0.265. The first kappa shape index (κ1) is 12.6. The molecule has 0 aliphatic rings. The molecule has 1 N–H and O–H groups in total. The predicted octanol–water partition coefficient (Wildman–Crippen LogP) is 2.12. The average Bonchev–Trinajstić information content (AvgIpc) is 2.41. The van der Waals surface area contributed by atoms with Crippen LogP contribution in [-0.4, -0.2) is 17.1 Å². The van der Waals surface area contributed by atoms with Crippen LogP contribution < -0.4 is 15.0 Å². The summed E-state index contributed by atoms with van der Waals surface area (Å²) in [6.45, 7) is 0.312. The zero-order chi connectivity index (χ0) is 13.0. The Morgan fingerprint density at radius 1 is 1.44 bits per heavy atom. The summed E-state index contributed by atoms with van der Waals surface area (Å²) < 4.78 is 10.9. The molecule has 0 bridgehead atoms. The van der Waals surface area contributed by atoms with Gasteiger partial charge in [0.05, 0.1) is 13.4 Å². The lowest BCUT2D eigenvalue weighted by molar-refractivity contribution is 0.289. The van der Waals surface area contributed by atoms with Crippen molar-refractivity contribution in [2.75, 3.05) is 7.11 Å². The van der Waals surface area contributed by atoms with Crippen LogP contribution in [0, 0.1) is 0 Å². The predicted molar refractivity (Wildman–Crippen MR) is 69.9 cm³/mol. The van der Waals surface area contributed by atoms with Crippen LogP contribution in [0.25, 0.3) is 0 Å². The summed E-state index contributed by atoms with van der Waals surface area (Å²) in [5.74, 6) is 1.02. The molecule has 0 aliphatic heterocycles. The second kappa shape index (κ2) is 5.68. The number of nitrogens with zero attached hydrogens (tertiary/aromatic N) is 1. The Morgan fingerprint density at radius 3 is 3.06 bits per heavy atom. The third kappa shape index (κ3) is 2.89. The maximum absolute atomic E-state index is 11.3. The van der Waals surface area contributed by atoms with Crippen LogP contribution in [0.4, 0.5) is 0 Å². The van der Waals surface area contributed by atoms with Gasteiger partial charge < -0.3 is 14.5 Å². The molecule has 0 spiro atoms. The summed E-state index contributed by atoms with van der Waals surface area (Å²) in [7, 11) is 1.61. The number of hydrogen-bond acceptors (Lipinski definition) is 4. The van der Waals surface area contributed by atoms with Gasteiger partial charge >= 0.3 is 0 Å². The molecule has 2 aromatic rings. The summed E-state index contributed by atoms with van der Waals surface area (Å²) in [4.78, 5) is 17.7. The Hall–Kier alpha value is -1.82. The summed E-state index contributed by atoms with van der Waals surface area (Å²) in [6.07, 6.45) is 1.30. The Bertz CT molecular complexity index is 598. The fourth-order valence-electron chi connectivity index (χ4n) is 1.38. The summed E-state index contributed by atoms with van der Waals surface area (Å²) in [5.41, 5.74) is 0.661. The van der Waals surface area contributed by atoms with Gasteiger partial charge in [0.1, 0.15) is 16.8 Å². The monoisotopic (exact) mass is 310 g/mol. The van der Waals surface area contributed by atoms with E-state index in [1.54, 1.807) is 7.11 Å². The van der Waals surface area contributed by atoms with Crippen molar-refractivity contribution in [3.05, 3.63) is 51.0 Å². The highest BCUT2D eigenvalue weighted by atomic mass is 79.9. The third-order valence-electron chi connectivity index (χ3n) is 2.27. The number of hydrogen-bond donors (Lipinski definition) is 1. The fourth-order valence-corrected chi connectivity index (χ4v) is 1.71. The van der Waals surface area contributed by atoms with Gasteiger partial charge in [0.25, 0.3) is 5.56 Å². The standard InChI is InChI=1S/C12H11BrN2O3/c1-17-9-4-2-3-8(5-9)6-18-12-10(13)11(16)14-7-15-12/h2-5,7H,6H2,1H3,(H,14,15,16).